The van der Waals surface area contributed by atoms with E-state index in [-0.39, 0.29) is 11.7 Å². The third-order valence-electron chi connectivity index (χ3n) is 3.81. The number of benzene rings is 2. The highest BCUT2D eigenvalue weighted by molar-refractivity contribution is 9.10. The SMILES string of the molecule is CC(C)Oc1ccc(-c2nc3sc(=Cc4cccc(Br)c4)c(=O)n3n2)cc1. The van der Waals surface area contributed by atoms with Gasteiger partial charge in [0.05, 0.1) is 10.6 Å². The Labute approximate surface area is 168 Å². The molecule has 0 aliphatic carbocycles. The van der Waals surface area contributed by atoms with E-state index < -0.39 is 0 Å². The maximum absolute atomic E-state index is 12.6. The number of thiazole rings is 1. The summed E-state index contributed by atoms with van der Waals surface area (Å²) in [5.41, 5.74) is 1.64. The van der Waals surface area contributed by atoms with E-state index in [0.717, 1.165) is 21.3 Å². The number of ether oxygens (including phenoxy) is 1. The fraction of sp³-hybridized carbons (Fsp3) is 0.150. The lowest BCUT2D eigenvalue weighted by molar-refractivity contribution is 0.242. The van der Waals surface area contributed by atoms with Crippen molar-refractivity contribution in [2.24, 2.45) is 0 Å². The molecule has 0 aliphatic rings. The highest BCUT2D eigenvalue weighted by atomic mass is 79.9. The molecule has 0 spiro atoms. The number of hydrogen-bond acceptors (Lipinski definition) is 5. The second-order valence-corrected chi connectivity index (χ2v) is 8.22. The van der Waals surface area contributed by atoms with Crippen LogP contribution in [0.2, 0.25) is 0 Å². The molecular formula is C20H16BrN3O2S. The summed E-state index contributed by atoms with van der Waals surface area (Å²) in [6, 6.07) is 15.4. The van der Waals surface area contributed by atoms with Crippen molar-refractivity contribution in [2.75, 3.05) is 0 Å². The van der Waals surface area contributed by atoms with Gasteiger partial charge >= 0.3 is 0 Å². The summed E-state index contributed by atoms with van der Waals surface area (Å²) >= 11 is 4.77. The van der Waals surface area contributed by atoms with Gasteiger partial charge in [0.1, 0.15) is 5.75 Å². The molecule has 27 heavy (non-hydrogen) atoms. The molecular weight excluding hydrogens is 426 g/mol. The standard InChI is InChI=1S/C20H16BrN3O2S/c1-12(2)26-16-8-6-14(7-9-16)18-22-20-24(23-18)19(25)17(27-20)11-13-4-3-5-15(21)10-13/h3-12H,1-2H3. The van der Waals surface area contributed by atoms with Crippen LogP contribution in [-0.4, -0.2) is 20.7 Å². The Balaban J connectivity index is 1.69. The molecule has 0 bridgehead atoms. The third-order valence-corrected chi connectivity index (χ3v) is 5.27. The van der Waals surface area contributed by atoms with E-state index >= 15 is 0 Å². The van der Waals surface area contributed by atoms with Crippen molar-refractivity contribution in [3.8, 4) is 17.1 Å². The molecule has 7 heteroatoms. The Kier molecular flexibility index (Phi) is 4.80. The Bertz CT molecular complexity index is 1210. The fourth-order valence-electron chi connectivity index (χ4n) is 2.66. The molecule has 5 nitrogen and oxygen atoms in total. The third kappa shape index (κ3) is 3.79. The first-order valence-electron chi connectivity index (χ1n) is 8.43. The van der Waals surface area contributed by atoms with Gasteiger partial charge in [0, 0.05) is 10.0 Å². The van der Waals surface area contributed by atoms with Crippen LogP contribution in [-0.2, 0) is 0 Å². The Morgan fingerprint density at radius 3 is 2.63 bits per heavy atom. The van der Waals surface area contributed by atoms with E-state index in [1.165, 1.54) is 15.9 Å². The summed E-state index contributed by atoms with van der Waals surface area (Å²) in [6.07, 6.45) is 1.97. The zero-order chi connectivity index (χ0) is 19.0. The van der Waals surface area contributed by atoms with Crippen molar-refractivity contribution in [1.82, 2.24) is 14.6 Å². The number of nitrogens with zero attached hydrogens (tertiary/aromatic N) is 3. The molecule has 0 saturated heterocycles. The number of halogens is 1. The minimum atomic E-state index is -0.159. The molecule has 0 atom stereocenters. The average molecular weight is 442 g/mol. The van der Waals surface area contributed by atoms with Crippen LogP contribution in [0.3, 0.4) is 0 Å². The number of aromatic nitrogens is 3. The molecule has 2 aromatic heterocycles. The largest absolute Gasteiger partial charge is 0.491 e. The van der Waals surface area contributed by atoms with Gasteiger partial charge < -0.3 is 4.74 Å². The van der Waals surface area contributed by atoms with Gasteiger partial charge in [0.2, 0.25) is 4.96 Å². The first kappa shape index (κ1) is 17.9. The second kappa shape index (κ2) is 7.25. The summed E-state index contributed by atoms with van der Waals surface area (Å²) in [4.78, 5) is 17.7. The Morgan fingerprint density at radius 2 is 1.96 bits per heavy atom. The first-order chi connectivity index (χ1) is 13.0. The lowest BCUT2D eigenvalue weighted by atomic mass is 10.2. The maximum atomic E-state index is 12.6. The Hall–Kier alpha value is -2.51. The Morgan fingerprint density at radius 1 is 1.19 bits per heavy atom. The molecule has 0 saturated carbocycles. The minimum Gasteiger partial charge on any atom is -0.491 e. The minimum absolute atomic E-state index is 0.120. The van der Waals surface area contributed by atoms with E-state index in [1.54, 1.807) is 0 Å². The van der Waals surface area contributed by atoms with E-state index in [1.807, 2.05) is 68.5 Å². The van der Waals surface area contributed by atoms with Crippen molar-refractivity contribution in [2.45, 2.75) is 20.0 Å². The van der Waals surface area contributed by atoms with E-state index in [2.05, 4.69) is 26.0 Å². The fourth-order valence-corrected chi connectivity index (χ4v) is 3.98. The van der Waals surface area contributed by atoms with E-state index in [0.29, 0.717) is 15.3 Å². The molecule has 0 amide bonds. The van der Waals surface area contributed by atoms with Crippen LogP contribution >= 0.6 is 27.3 Å². The van der Waals surface area contributed by atoms with Gasteiger partial charge in [-0.2, -0.15) is 9.50 Å². The van der Waals surface area contributed by atoms with E-state index in [4.69, 9.17) is 4.74 Å². The van der Waals surface area contributed by atoms with Gasteiger partial charge in [-0.15, -0.1) is 5.10 Å². The predicted molar refractivity (Wildman–Crippen MR) is 111 cm³/mol. The normalized spacial score (nSPS) is 12.2. The smallest absolute Gasteiger partial charge is 0.291 e. The molecule has 2 heterocycles. The topological polar surface area (TPSA) is 56.5 Å². The van der Waals surface area contributed by atoms with Crippen molar-refractivity contribution in [1.29, 1.82) is 0 Å². The van der Waals surface area contributed by atoms with Crippen LogP contribution in [0.5, 0.6) is 5.75 Å². The number of rotatable bonds is 4. The highest BCUT2D eigenvalue weighted by Crippen LogP contribution is 2.21. The second-order valence-electron chi connectivity index (χ2n) is 6.29. The molecule has 4 aromatic rings. The van der Waals surface area contributed by atoms with Crippen molar-refractivity contribution >= 4 is 38.3 Å². The van der Waals surface area contributed by atoms with Crippen LogP contribution in [0.15, 0.2) is 57.8 Å². The van der Waals surface area contributed by atoms with Gasteiger partial charge in [-0.05, 0) is 61.9 Å². The summed E-state index contributed by atoms with van der Waals surface area (Å²) in [7, 11) is 0. The van der Waals surface area contributed by atoms with Crippen molar-refractivity contribution in [3.05, 3.63) is 73.5 Å². The van der Waals surface area contributed by atoms with Crippen LogP contribution < -0.4 is 14.8 Å². The van der Waals surface area contributed by atoms with Crippen LogP contribution in [0.1, 0.15) is 19.4 Å². The van der Waals surface area contributed by atoms with Crippen molar-refractivity contribution in [3.63, 3.8) is 0 Å². The van der Waals surface area contributed by atoms with Gasteiger partial charge in [-0.1, -0.05) is 39.4 Å². The monoisotopic (exact) mass is 441 g/mol. The molecule has 0 unspecified atom stereocenters. The van der Waals surface area contributed by atoms with E-state index in [9.17, 15) is 4.79 Å². The molecule has 4 rings (SSSR count). The average Bonchev–Trinajstić information content (AvgIpc) is 3.15. The van der Waals surface area contributed by atoms with Crippen LogP contribution in [0.25, 0.3) is 22.4 Å². The number of fused-ring (bicyclic) bond motifs is 1. The first-order valence-corrected chi connectivity index (χ1v) is 10.0. The lowest BCUT2D eigenvalue weighted by Crippen LogP contribution is -2.23. The quantitative estimate of drug-likeness (QED) is 0.481. The molecule has 0 aliphatic heterocycles. The summed E-state index contributed by atoms with van der Waals surface area (Å²) < 4.78 is 8.59. The molecule has 2 aromatic carbocycles. The summed E-state index contributed by atoms with van der Waals surface area (Å²) in [5.74, 6) is 1.33. The zero-order valence-electron chi connectivity index (χ0n) is 14.7. The van der Waals surface area contributed by atoms with Crippen molar-refractivity contribution < 1.29 is 4.74 Å². The maximum Gasteiger partial charge on any atom is 0.291 e. The summed E-state index contributed by atoms with van der Waals surface area (Å²) in [6.45, 7) is 3.97. The van der Waals surface area contributed by atoms with Crippen LogP contribution in [0.4, 0.5) is 0 Å². The number of hydrogen-bond donors (Lipinski definition) is 0. The van der Waals surface area contributed by atoms with Gasteiger partial charge in [0.25, 0.3) is 5.56 Å². The van der Waals surface area contributed by atoms with Gasteiger partial charge in [-0.25, -0.2) is 0 Å². The van der Waals surface area contributed by atoms with Gasteiger partial charge in [0.15, 0.2) is 5.82 Å². The van der Waals surface area contributed by atoms with Gasteiger partial charge in [-0.3, -0.25) is 4.79 Å². The lowest BCUT2D eigenvalue weighted by Gasteiger charge is -2.09. The molecule has 0 radical (unpaired) electrons. The molecule has 0 N–H and O–H groups in total. The molecule has 136 valence electrons. The zero-order valence-corrected chi connectivity index (χ0v) is 17.1. The molecule has 0 fully saturated rings. The van der Waals surface area contributed by atoms with Crippen LogP contribution in [0, 0.1) is 0 Å². The highest BCUT2D eigenvalue weighted by Gasteiger charge is 2.12. The summed E-state index contributed by atoms with van der Waals surface area (Å²) in [5, 5.41) is 4.39. The predicted octanol–water partition coefficient (Wildman–Crippen LogP) is 3.92.